The summed E-state index contributed by atoms with van der Waals surface area (Å²) in [7, 11) is 1.61. The van der Waals surface area contributed by atoms with Gasteiger partial charge in [0.2, 0.25) is 0 Å². The summed E-state index contributed by atoms with van der Waals surface area (Å²) in [5, 5.41) is 0.446. The molecule has 0 aliphatic heterocycles. The summed E-state index contributed by atoms with van der Waals surface area (Å²) in [4.78, 5) is 3.83. The number of ether oxygens (including phenoxy) is 2. The number of hydrogen-bond donors (Lipinski definition) is 1. The summed E-state index contributed by atoms with van der Waals surface area (Å²) in [6.07, 6.45) is 1.39. The zero-order valence-electron chi connectivity index (χ0n) is 8.16. The lowest BCUT2D eigenvalue weighted by Crippen LogP contribution is -2.18. The van der Waals surface area contributed by atoms with Gasteiger partial charge in [-0.3, -0.25) is 0 Å². The van der Waals surface area contributed by atoms with Gasteiger partial charge in [-0.2, -0.15) is 0 Å². The van der Waals surface area contributed by atoms with Crippen LogP contribution >= 0.6 is 11.6 Å². The second-order valence-electron chi connectivity index (χ2n) is 2.92. The highest BCUT2D eigenvalue weighted by atomic mass is 35.5. The highest BCUT2D eigenvalue weighted by Gasteiger charge is 2.07. The zero-order chi connectivity index (χ0) is 10.6. The summed E-state index contributed by atoms with van der Waals surface area (Å²) in [5.41, 5.74) is 5.50. The number of nitrogens with zero attached hydrogens (tertiary/aromatic N) is 1. The zero-order valence-corrected chi connectivity index (χ0v) is 8.91. The molecule has 1 unspecified atom stereocenters. The van der Waals surface area contributed by atoms with Crippen LogP contribution in [0.4, 0.5) is 5.82 Å². The van der Waals surface area contributed by atoms with Crippen LogP contribution in [0.25, 0.3) is 0 Å². The van der Waals surface area contributed by atoms with Crippen molar-refractivity contribution in [2.24, 2.45) is 0 Å². The third kappa shape index (κ3) is 3.05. The smallest absolute Gasteiger partial charge is 0.143 e. The first-order valence-corrected chi connectivity index (χ1v) is 4.58. The standard InChI is InChI=1S/C9H13ClN2O2/c1-6(5-13-2)14-8-3-9(11)12-4-7(8)10/h3-4,6H,5H2,1-2H3,(H2,11,12). The Labute approximate surface area is 88.0 Å². The number of aromatic nitrogens is 1. The van der Waals surface area contributed by atoms with E-state index in [-0.39, 0.29) is 6.10 Å². The van der Waals surface area contributed by atoms with Crippen molar-refractivity contribution in [3.8, 4) is 5.75 Å². The number of anilines is 1. The average Bonchev–Trinajstić information content (AvgIpc) is 2.12. The molecule has 2 N–H and O–H groups in total. The van der Waals surface area contributed by atoms with Gasteiger partial charge in [-0.25, -0.2) is 4.98 Å². The molecular weight excluding hydrogens is 204 g/mol. The van der Waals surface area contributed by atoms with Crippen molar-refractivity contribution in [1.82, 2.24) is 4.98 Å². The third-order valence-electron chi connectivity index (χ3n) is 1.57. The van der Waals surface area contributed by atoms with Crippen LogP contribution < -0.4 is 10.5 Å². The number of nitrogens with two attached hydrogens (primary N) is 1. The van der Waals surface area contributed by atoms with Crippen LogP contribution in [0.3, 0.4) is 0 Å². The quantitative estimate of drug-likeness (QED) is 0.833. The SMILES string of the molecule is COCC(C)Oc1cc(N)ncc1Cl. The molecule has 0 aliphatic carbocycles. The van der Waals surface area contributed by atoms with Gasteiger partial charge in [-0.05, 0) is 6.92 Å². The average molecular weight is 217 g/mol. The first-order valence-electron chi connectivity index (χ1n) is 4.20. The normalized spacial score (nSPS) is 12.5. The highest BCUT2D eigenvalue weighted by Crippen LogP contribution is 2.25. The number of nitrogen functional groups attached to an aromatic ring is 1. The molecule has 0 spiro atoms. The first kappa shape index (κ1) is 11.1. The fraction of sp³-hybridized carbons (Fsp3) is 0.444. The number of hydrogen-bond acceptors (Lipinski definition) is 4. The van der Waals surface area contributed by atoms with E-state index in [0.717, 1.165) is 0 Å². The molecular formula is C9H13ClN2O2. The van der Waals surface area contributed by atoms with Crippen LogP contribution in [0, 0.1) is 0 Å². The molecule has 0 aromatic carbocycles. The summed E-state index contributed by atoms with van der Waals surface area (Å²) in [5.74, 6) is 0.915. The van der Waals surface area contributed by atoms with Crippen molar-refractivity contribution in [3.63, 3.8) is 0 Å². The predicted molar refractivity (Wildman–Crippen MR) is 55.6 cm³/mol. The van der Waals surface area contributed by atoms with E-state index >= 15 is 0 Å². The molecule has 1 atom stereocenters. The van der Waals surface area contributed by atoms with Gasteiger partial charge < -0.3 is 15.2 Å². The van der Waals surface area contributed by atoms with Crippen molar-refractivity contribution in [2.75, 3.05) is 19.5 Å². The lowest BCUT2D eigenvalue weighted by Gasteiger charge is -2.14. The van der Waals surface area contributed by atoms with E-state index in [2.05, 4.69) is 4.98 Å². The second kappa shape index (κ2) is 5.02. The summed E-state index contributed by atoms with van der Waals surface area (Å²) >= 11 is 5.86. The molecule has 0 saturated carbocycles. The first-order chi connectivity index (χ1) is 6.63. The van der Waals surface area contributed by atoms with Gasteiger partial charge in [0.05, 0.1) is 12.8 Å². The molecule has 5 heteroatoms. The molecule has 0 radical (unpaired) electrons. The summed E-state index contributed by atoms with van der Waals surface area (Å²) in [6, 6.07) is 1.59. The predicted octanol–water partition coefficient (Wildman–Crippen LogP) is 1.73. The minimum absolute atomic E-state index is 0.0701. The Morgan fingerprint density at radius 1 is 1.64 bits per heavy atom. The topological polar surface area (TPSA) is 57.4 Å². The van der Waals surface area contributed by atoms with Crippen LogP contribution in [0.2, 0.25) is 5.02 Å². The molecule has 0 saturated heterocycles. The molecule has 4 nitrogen and oxygen atoms in total. The fourth-order valence-electron chi connectivity index (χ4n) is 1.01. The van der Waals surface area contributed by atoms with E-state index in [4.69, 9.17) is 26.8 Å². The molecule has 0 amide bonds. The molecule has 1 rings (SSSR count). The molecule has 1 aromatic rings. The highest BCUT2D eigenvalue weighted by molar-refractivity contribution is 6.31. The molecule has 0 aliphatic rings. The van der Waals surface area contributed by atoms with Crippen molar-refractivity contribution in [1.29, 1.82) is 0 Å². The van der Waals surface area contributed by atoms with Crippen LogP contribution in [-0.2, 0) is 4.74 Å². The number of methoxy groups -OCH3 is 1. The molecule has 14 heavy (non-hydrogen) atoms. The Hall–Kier alpha value is -1.00. The summed E-state index contributed by atoms with van der Waals surface area (Å²) in [6.45, 7) is 2.38. The van der Waals surface area contributed by atoms with E-state index in [1.807, 2.05) is 6.92 Å². The maximum atomic E-state index is 5.86. The van der Waals surface area contributed by atoms with Gasteiger partial charge in [-0.1, -0.05) is 11.6 Å². The Balaban J connectivity index is 2.70. The fourth-order valence-corrected chi connectivity index (χ4v) is 1.16. The third-order valence-corrected chi connectivity index (χ3v) is 1.85. The number of rotatable bonds is 4. The Morgan fingerprint density at radius 3 is 3.00 bits per heavy atom. The number of halogens is 1. The Kier molecular flexibility index (Phi) is 3.98. The van der Waals surface area contributed by atoms with E-state index in [9.17, 15) is 0 Å². The van der Waals surface area contributed by atoms with Crippen molar-refractivity contribution in [3.05, 3.63) is 17.3 Å². The van der Waals surface area contributed by atoms with Gasteiger partial charge in [0.25, 0.3) is 0 Å². The van der Waals surface area contributed by atoms with E-state index in [0.29, 0.717) is 23.2 Å². The molecule has 0 fully saturated rings. The second-order valence-corrected chi connectivity index (χ2v) is 3.33. The molecule has 1 heterocycles. The van der Waals surface area contributed by atoms with Crippen molar-refractivity contribution >= 4 is 17.4 Å². The van der Waals surface area contributed by atoms with Crippen molar-refractivity contribution in [2.45, 2.75) is 13.0 Å². The van der Waals surface area contributed by atoms with E-state index in [1.165, 1.54) is 6.20 Å². The van der Waals surface area contributed by atoms with Gasteiger partial charge in [0.1, 0.15) is 22.7 Å². The monoisotopic (exact) mass is 216 g/mol. The van der Waals surface area contributed by atoms with Gasteiger partial charge in [0.15, 0.2) is 0 Å². The Bertz CT molecular complexity index is 307. The molecule has 78 valence electrons. The lowest BCUT2D eigenvalue weighted by molar-refractivity contribution is 0.0921. The van der Waals surface area contributed by atoms with Gasteiger partial charge >= 0.3 is 0 Å². The minimum Gasteiger partial charge on any atom is -0.487 e. The van der Waals surface area contributed by atoms with Crippen LogP contribution in [0.1, 0.15) is 6.92 Å². The van der Waals surface area contributed by atoms with Gasteiger partial charge in [0, 0.05) is 13.2 Å². The largest absolute Gasteiger partial charge is 0.487 e. The van der Waals surface area contributed by atoms with E-state index in [1.54, 1.807) is 13.2 Å². The maximum Gasteiger partial charge on any atom is 0.143 e. The van der Waals surface area contributed by atoms with Crippen LogP contribution in [0.5, 0.6) is 5.75 Å². The summed E-state index contributed by atoms with van der Waals surface area (Å²) < 4.78 is 10.4. The number of pyridine rings is 1. The minimum atomic E-state index is -0.0701. The maximum absolute atomic E-state index is 5.86. The lowest BCUT2D eigenvalue weighted by atomic mass is 10.4. The van der Waals surface area contributed by atoms with E-state index < -0.39 is 0 Å². The van der Waals surface area contributed by atoms with Crippen LogP contribution in [0.15, 0.2) is 12.3 Å². The molecule has 1 aromatic heterocycles. The Morgan fingerprint density at radius 2 is 2.36 bits per heavy atom. The molecule has 0 bridgehead atoms. The van der Waals surface area contributed by atoms with Crippen molar-refractivity contribution < 1.29 is 9.47 Å². The van der Waals surface area contributed by atoms with Crippen LogP contribution in [-0.4, -0.2) is 24.8 Å². The van der Waals surface area contributed by atoms with Gasteiger partial charge in [-0.15, -0.1) is 0 Å².